The van der Waals surface area contributed by atoms with Crippen LogP contribution in [0.5, 0.6) is 11.5 Å². The lowest BCUT2D eigenvalue weighted by molar-refractivity contribution is -0.129. The molecule has 172 valence electrons. The van der Waals surface area contributed by atoms with Crippen LogP contribution in [0.4, 0.5) is 5.69 Å². The summed E-state index contributed by atoms with van der Waals surface area (Å²) in [5.74, 6) is 0.765. The number of fused-ring (bicyclic) bond motifs is 2. The summed E-state index contributed by atoms with van der Waals surface area (Å²) in [5, 5.41) is 7.73. The van der Waals surface area contributed by atoms with Crippen molar-refractivity contribution >= 4 is 44.2 Å². The second kappa shape index (κ2) is 9.80. The van der Waals surface area contributed by atoms with Crippen molar-refractivity contribution in [2.75, 3.05) is 25.7 Å². The van der Waals surface area contributed by atoms with Crippen LogP contribution in [0.15, 0.2) is 59.1 Å². The van der Waals surface area contributed by atoms with Crippen molar-refractivity contribution in [3.63, 3.8) is 0 Å². The average molecular weight is 512 g/mol. The van der Waals surface area contributed by atoms with Gasteiger partial charge in [-0.1, -0.05) is 40.2 Å². The highest BCUT2D eigenvalue weighted by atomic mass is 79.9. The molecule has 0 radical (unpaired) electrons. The summed E-state index contributed by atoms with van der Waals surface area (Å²) >= 11 is 3.52. The minimum absolute atomic E-state index is 0.0497. The second-order valence-electron chi connectivity index (χ2n) is 7.89. The van der Waals surface area contributed by atoms with E-state index in [0.717, 1.165) is 20.8 Å². The number of ether oxygens (including phenoxy) is 2. The van der Waals surface area contributed by atoms with Crippen molar-refractivity contribution in [2.24, 2.45) is 0 Å². The first-order chi connectivity index (χ1) is 15.9. The summed E-state index contributed by atoms with van der Waals surface area (Å²) < 4.78 is 12.6. The van der Waals surface area contributed by atoms with Crippen LogP contribution >= 0.6 is 15.9 Å². The van der Waals surface area contributed by atoms with E-state index in [1.807, 2.05) is 54.6 Å². The lowest BCUT2D eigenvalue weighted by Gasteiger charge is -2.27. The number of nitrogens with one attached hydrogen (secondary N) is 2. The van der Waals surface area contributed by atoms with Crippen molar-refractivity contribution < 1.29 is 19.1 Å². The largest absolute Gasteiger partial charge is 0.496 e. The fraction of sp³-hybridized carbons (Fsp3) is 0.280. The molecule has 1 aliphatic rings. The van der Waals surface area contributed by atoms with Crippen LogP contribution in [0.2, 0.25) is 0 Å². The Morgan fingerprint density at radius 3 is 2.79 bits per heavy atom. The third-order valence-electron chi connectivity index (χ3n) is 5.86. The fourth-order valence-corrected chi connectivity index (χ4v) is 4.28. The van der Waals surface area contributed by atoms with Gasteiger partial charge in [-0.15, -0.1) is 0 Å². The van der Waals surface area contributed by atoms with Crippen LogP contribution in [0, 0.1) is 0 Å². The standard InChI is InChI=1S/C25H26BrN3O4/c1-15(27-2)24(30)28-20-14-33-23-7-5-4-6-21(23)29(25(20)31)13-19-18-10-9-17(26)12-16(18)8-11-22(19)32-3/h4-12,15,20,27H,13-14H2,1-3H3,(H,28,30)/t15-,20-/m0/s1. The van der Waals surface area contributed by atoms with Crippen LogP contribution in [0.25, 0.3) is 10.8 Å². The molecule has 1 heterocycles. The van der Waals surface area contributed by atoms with E-state index in [-0.39, 0.29) is 25.0 Å². The molecule has 33 heavy (non-hydrogen) atoms. The van der Waals surface area contributed by atoms with E-state index in [1.54, 1.807) is 26.0 Å². The lowest BCUT2D eigenvalue weighted by Crippen LogP contribution is -2.53. The van der Waals surface area contributed by atoms with E-state index in [2.05, 4.69) is 26.6 Å². The maximum absolute atomic E-state index is 13.7. The van der Waals surface area contributed by atoms with Crippen LogP contribution in [-0.2, 0) is 16.1 Å². The molecule has 2 atom stereocenters. The Balaban J connectivity index is 1.77. The Labute approximate surface area is 201 Å². The number of hydrogen-bond donors (Lipinski definition) is 2. The third-order valence-corrected chi connectivity index (χ3v) is 6.35. The maximum atomic E-state index is 13.7. The van der Waals surface area contributed by atoms with E-state index in [9.17, 15) is 9.59 Å². The van der Waals surface area contributed by atoms with Crippen molar-refractivity contribution in [3.8, 4) is 11.5 Å². The summed E-state index contributed by atoms with van der Waals surface area (Å²) in [7, 11) is 3.32. The first-order valence-electron chi connectivity index (χ1n) is 10.7. The van der Waals surface area contributed by atoms with Gasteiger partial charge in [-0.2, -0.15) is 0 Å². The zero-order valence-corrected chi connectivity index (χ0v) is 20.3. The molecule has 0 unspecified atom stereocenters. The summed E-state index contributed by atoms with van der Waals surface area (Å²) in [5.41, 5.74) is 1.53. The molecule has 4 rings (SSSR count). The topological polar surface area (TPSA) is 79.9 Å². The van der Waals surface area contributed by atoms with Crippen LogP contribution in [0.1, 0.15) is 12.5 Å². The molecule has 0 bridgehead atoms. The molecule has 7 nitrogen and oxygen atoms in total. The van der Waals surface area contributed by atoms with Gasteiger partial charge in [0.15, 0.2) is 0 Å². The Morgan fingerprint density at radius 1 is 1.24 bits per heavy atom. The van der Waals surface area contributed by atoms with E-state index in [1.165, 1.54) is 0 Å². The molecule has 3 aromatic carbocycles. The number of benzene rings is 3. The molecule has 0 saturated heterocycles. The number of carbonyl (C=O) groups excluding carboxylic acids is 2. The Hall–Kier alpha value is -3.10. The van der Waals surface area contributed by atoms with Gasteiger partial charge in [0.25, 0.3) is 5.91 Å². The normalized spacial score (nSPS) is 16.5. The molecule has 0 saturated carbocycles. The van der Waals surface area contributed by atoms with Crippen molar-refractivity contribution in [2.45, 2.75) is 25.6 Å². The fourth-order valence-electron chi connectivity index (χ4n) is 3.91. The van der Waals surface area contributed by atoms with Gasteiger partial charge in [0.2, 0.25) is 5.91 Å². The zero-order chi connectivity index (χ0) is 23.5. The van der Waals surface area contributed by atoms with E-state index < -0.39 is 12.1 Å². The molecular formula is C25H26BrN3O4. The quantitative estimate of drug-likeness (QED) is 0.528. The third kappa shape index (κ3) is 4.67. The predicted molar refractivity (Wildman–Crippen MR) is 132 cm³/mol. The van der Waals surface area contributed by atoms with Crippen LogP contribution in [0.3, 0.4) is 0 Å². The number of anilines is 1. The number of nitrogens with zero attached hydrogens (tertiary/aromatic N) is 1. The number of carbonyl (C=O) groups is 2. The Morgan fingerprint density at radius 2 is 2.03 bits per heavy atom. The molecule has 2 N–H and O–H groups in total. The Bertz CT molecular complexity index is 1200. The van der Waals surface area contributed by atoms with Crippen LogP contribution < -0.4 is 25.0 Å². The van der Waals surface area contributed by atoms with Gasteiger partial charge in [0, 0.05) is 10.0 Å². The number of hydrogen-bond acceptors (Lipinski definition) is 5. The molecule has 2 amide bonds. The molecule has 0 aliphatic carbocycles. The highest BCUT2D eigenvalue weighted by molar-refractivity contribution is 9.10. The smallest absolute Gasteiger partial charge is 0.253 e. The summed E-state index contributed by atoms with van der Waals surface area (Å²) in [4.78, 5) is 27.9. The van der Waals surface area contributed by atoms with Gasteiger partial charge in [-0.05, 0) is 55.1 Å². The molecule has 8 heteroatoms. The van der Waals surface area contributed by atoms with Gasteiger partial charge in [-0.3, -0.25) is 9.59 Å². The maximum Gasteiger partial charge on any atom is 0.253 e. The first kappa shape index (κ1) is 23.1. The summed E-state index contributed by atoms with van der Waals surface area (Å²) in [6, 6.07) is 16.0. The van der Waals surface area contributed by atoms with Crippen LogP contribution in [-0.4, -0.2) is 44.7 Å². The first-order valence-corrected chi connectivity index (χ1v) is 11.5. The number of rotatable bonds is 6. The van der Waals surface area contributed by atoms with Gasteiger partial charge in [0.05, 0.1) is 25.4 Å². The molecule has 3 aromatic rings. The van der Waals surface area contributed by atoms with E-state index in [0.29, 0.717) is 17.2 Å². The minimum Gasteiger partial charge on any atom is -0.496 e. The van der Waals surface area contributed by atoms with Crippen molar-refractivity contribution in [1.29, 1.82) is 0 Å². The molecular weight excluding hydrogens is 486 g/mol. The lowest BCUT2D eigenvalue weighted by atomic mass is 10.0. The van der Waals surface area contributed by atoms with E-state index in [4.69, 9.17) is 9.47 Å². The molecule has 1 aliphatic heterocycles. The van der Waals surface area contributed by atoms with Gasteiger partial charge in [0.1, 0.15) is 24.1 Å². The summed E-state index contributed by atoms with van der Waals surface area (Å²) in [6.45, 7) is 2.05. The molecule has 0 spiro atoms. The highest BCUT2D eigenvalue weighted by Gasteiger charge is 2.34. The van der Waals surface area contributed by atoms with Gasteiger partial charge >= 0.3 is 0 Å². The van der Waals surface area contributed by atoms with Crippen molar-refractivity contribution in [3.05, 3.63) is 64.6 Å². The van der Waals surface area contributed by atoms with E-state index >= 15 is 0 Å². The molecule has 0 aromatic heterocycles. The number of likely N-dealkylation sites (N-methyl/N-ethyl adjacent to an activating group) is 1. The highest BCUT2D eigenvalue weighted by Crippen LogP contribution is 2.36. The second-order valence-corrected chi connectivity index (χ2v) is 8.80. The number of halogens is 1. The molecule has 0 fully saturated rings. The Kier molecular flexibility index (Phi) is 6.85. The number of methoxy groups -OCH3 is 1. The monoisotopic (exact) mass is 511 g/mol. The number of para-hydroxylation sites is 2. The SMILES string of the molecule is CN[C@@H](C)C(=O)N[C@H]1COc2ccccc2N(Cc2c(OC)ccc3cc(Br)ccc23)C1=O. The van der Waals surface area contributed by atoms with Gasteiger partial charge < -0.3 is 25.0 Å². The number of amides is 2. The minimum atomic E-state index is -0.823. The zero-order valence-electron chi connectivity index (χ0n) is 18.7. The average Bonchev–Trinajstić information content (AvgIpc) is 2.95. The summed E-state index contributed by atoms with van der Waals surface area (Å²) in [6.07, 6.45) is 0. The van der Waals surface area contributed by atoms with Crippen molar-refractivity contribution in [1.82, 2.24) is 10.6 Å². The predicted octanol–water partition coefficient (Wildman–Crippen LogP) is 3.63. The van der Waals surface area contributed by atoms with Gasteiger partial charge in [-0.25, -0.2) is 0 Å².